The average molecular weight is 293 g/mol. The number of hydrogen-bond donors (Lipinski definition) is 2. The smallest absolute Gasteiger partial charge is 0.0554 e. The van der Waals surface area contributed by atoms with E-state index in [1.807, 2.05) is 24.3 Å². The summed E-state index contributed by atoms with van der Waals surface area (Å²) in [5, 5.41) is 0.735. The molecule has 0 radical (unpaired) electrons. The Balaban J connectivity index is 2.06. The maximum absolute atomic E-state index is 6.01. The molecule has 0 aliphatic heterocycles. The first-order chi connectivity index (χ1) is 9.20. The molecule has 0 aromatic heterocycles. The molecule has 0 aliphatic rings. The average Bonchev–Trinajstić information content (AvgIpc) is 2.41. The number of thioether (sulfide) groups is 1. The van der Waals surface area contributed by atoms with Gasteiger partial charge >= 0.3 is 0 Å². The summed E-state index contributed by atoms with van der Waals surface area (Å²) in [6.07, 6.45) is 0. The van der Waals surface area contributed by atoms with E-state index in [1.165, 1.54) is 10.5 Å². The number of hydrogen-bond acceptors (Lipinski definition) is 3. The summed E-state index contributed by atoms with van der Waals surface area (Å²) < 4.78 is 0. The number of nitrogens with two attached hydrogens (primary N) is 1. The van der Waals surface area contributed by atoms with Gasteiger partial charge in [-0.05, 0) is 36.2 Å². The maximum atomic E-state index is 6.01. The molecule has 0 fully saturated rings. The molecule has 4 heteroatoms. The Bertz CT molecular complexity index is 545. The van der Waals surface area contributed by atoms with Gasteiger partial charge in [-0.15, -0.1) is 11.8 Å². The van der Waals surface area contributed by atoms with Gasteiger partial charge in [-0.2, -0.15) is 0 Å². The van der Waals surface area contributed by atoms with Crippen LogP contribution in [0.25, 0.3) is 0 Å². The fourth-order valence-electron chi connectivity index (χ4n) is 1.86. The second kappa shape index (κ2) is 6.96. The molecule has 2 aromatic rings. The Morgan fingerprint density at radius 2 is 2.00 bits per heavy atom. The summed E-state index contributed by atoms with van der Waals surface area (Å²) >= 11 is 7.81. The number of nitrogens with one attached hydrogen (secondary N) is 1. The molecule has 3 N–H and O–H groups in total. The first-order valence-corrected chi connectivity index (χ1v) is 7.47. The fourth-order valence-corrected chi connectivity index (χ4v) is 3.16. The molecular formula is C15H17ClN2S. The maximum Gasteiger partial charge on any atom is 0.0554 e. The van der Waals surface area contributed by atoms with Gasteiger partial charge in [-0.1, -0.05) is 41.9 Å². The Kier molecular flexibility index (Phi) is 5.28. The number of hydrazine groups is 1. The molecule has 0 aliphatic carbocycles. The van der Waals surface area contributed by atoms with Crippen LogP contribution in [0, 0.1) is 6.92 Å². The van der Waals surface area contributed by atoms with E-state index >= 15 is 0 Å². The van der Waals surface area contributed by atoms with Gasteiger partial charge < -0.3 is 0 Å². The highest BCUT2D eigenvalue weighted by Gasteiger charge is 2.11. The fraction of sp³-hybridized carbons (Fsp3) is 0.200. The molecule has 0 amide bonds. The van der Waals surface area contributed by atoms with Crippen LogP contribution in [-0.2, 0) is 0 Å². The van der Waals surface area contributed by atoms with Crippen LogP contribution in [0.15, 0.2) is 53.4 Å². The van der Waals surface area contributed by atoms with Crippen molar-refractivity contribution in [1.29, 1.82) is 0 Å². The van der Waals surface area contributed by atoms with E-state index in [0.29, 0.717) is 0 Å². The minimum atomic E-state index is 0.0864. The summed E-state index contributed by atoms with van der Waals surface area (Å²) in [4.78, 5) is 1.28. The van der Waals surface area contributed by atoms with E-state index in [-0.39, 0.29) is 6.04 Å². The van der Waals surface area contributed by atoms with Gasteiger partial charge in [0.15, 0.2) is 0 Å². The van der Waals surface area contributed by atoms with Gasteiger partial charge in [0.1, 0.15) is 0 Å². The Morgan fingerprint density at radius 3 is 2.68 bits per heavy atom. The molecule has 1 atom stereocenters. The van der Waals surface area contributed by atoms with Crippen LogP contribution >= 0.6 is 23.4 Å². The molecule has 0 bridgehead atoms. The lowest BCUT2D eigenvalue weighted by Crippen LogP contribution is -2.29. The molecule has 19 heavy (non-hydrogen) atoms. The van der Waals surface area contributed by atoms with Crippen molar-refractivity contribution in [2.24, 2.45) is 5.84 Å². The molecule has 100 valence electrons. The van der Waals surface area contributed by atoms with Crippen LogP contribution in [0.5, 0.6) is 0 Å². The molecule has 0 saturated heterocycles. The van der Waals surface area contributed by atoms with Crippen molar-refractivity contribution in [2.75, 3.05) is 5.75 Å². The van der Waals surface area contributed by atoms with Gasteiger partial charge in [-0.3, -0.25) is 11.3 Å². The molecule has 2 rings (SSSR count). The number of benzene rings is 2. The number of rotatable bonds is 5. The lowest BCUT2D eigenvalue weighted by molar-refractivity contribution is 0.611. The third-order valence-electron chi connectivity index (χ3n) is 2.95. The highest BCUT2D eigenvalue weighted by atomic mass is 35.5. The molecule has 2 nitrogen and oxygen atoms in total. The normalized spacial score (nSPS) is 12.4. The van der Waals surface area contributed by atoms with Crippen LogP contribution in [0.1, 0.15) is 17.2 Å². The van der Waals surface area contributed by atoms with Gasteiger partial charge in [0.25, 0.3) is 0 Å². The van der Waals surface area contributed by atoms with E-state index < -0.39 is 0 Å². The summed E-state index contributed by atoms with van der Waals surface area (Å²) in [5.41, 5.74) is 5.25. The zero-order chi connectivity index (χ0) is 13.7. The van der Waals surface area contributed by atoms with E-state index in [9.17, 15) is 0 Å². The highest BCUT2D eigenvalue weighted by molar-refractivity contribution is 7.99. The predicted octanol–water partition coefficient (Wildman–Crippen LogP) is 3.95. The third-order valence-corrected chi connectivity index (χ3v) is 4.46. The van der Waals surface area contributed by atoms with Crippen LogP contribution in [-0.4, -0.2) is 5.75 Å². The molecule has 2 aromatic carbocycles. The molecular weight excluding hydrogens is 276 g/mol. The SMILES string of the molecule is Cc1ccccc1SCC(NN)c1cccc(Cl)c1. The number of aryl methyl sites for hydroxylation is 1. The summed E-state index contributed by atoms with van der Waals surface area (Å²) in [6, 6.07) is 16.2. The van der Waals surface area contributed by atoms with Crippen LogP contribution < -0.4 is 11.3 Å². The molecule has 0 spiro atoms. The first kappa shape index (κ1) is 14.4. The predicted molar refractivity (Wildman–Crippen MR) is 83.4 cm³/mol. The van der Waals surface area contributed by atoms with Crippen molar-refractivity contribution in [1.82, 2.24) is 5.43 Å². The van der Waals surface area contributed by atoms with E-state index in [4.69, 9.17) is 17.4 Å². The third kappa shape index (κ3) is 3.98. The summed E-state index contributed by atoms with van der Waals surface area (Å²) in [6.45, 7) is 2.12. The van der Waals surface area contributed by atoms with Crippen LogP contribution in [0.4, 0.5) is 0 Å². The largest absolute Gasteiger partial charge is 0.271 e. The number of halogens is 1. The van der Waals surface area contributed by atoms with Crippen molar-refractivity contribution in [3.63, 3.8) is 0 Å². The van der Waals surface area contributed by atoms with Crippen LogP contribution in [0.3, 0.4) is 0 Å². The highest BCUT2D eigenvalue weighted by Crippen LogP contribution is 2.27. The molecule has 0 heterocycles. The van der Waals surface area contributed by atoms with Crippen molar-refractivity contribution in [3.05, 3.63) is 64.7 Å². The lowest BCUT2D eigenvalue weighted by atomic mass is 10.1. The van der Waals surface area contributed by atoms with E-state index in [1.54, 1.807) is 11.8 Å². The minimum absolute atomic E-state index is 0.0864. The van der Waals surface area contributed by atoms with Crippen LogP contribution in [0.2, 0.25) is 5.02 Å². The zero-order valence-electron chi connectivity index (χ0n) is 10.8. The molecule has 1 unspecified atom stereocenters. The standard InChI is InChI=1S/C15H17ClN2S/c1-11-5-2-3-8-15(11)19-10-14(18-17)12-6-4-7-13(16)9-12/h2-9,14,18H,10,17H2,1H3. The quantitative estimate of drug-likeness (QED) is 0.498. The Labute approximate surface area is 123 Å². The van der Waals surface area contributed by atoms with Crippen molar-refractivity contribution in [2.45, 2.75) is 17.9 Å². The van der Waals surface area contributed by atoms with Gasteiger partial charge in [-0.25, -0.2) is 0 Å². The molecule has 0 saturated carbocycles. The lowest BCUT2D eigenvalue weighted by Gasteiger charge is -2.16. The first-order valence-electron chi connectivity index (χ1n) is 6.10. The van der Waals surface area contributed by atoms with Gasteiger partial charge in [0.2, 0.25) is 0 Å². The topological polar surface area (TPSA) is 38.0 Å². The van der Waals surface area contributed by atoms with E-state index in [0.717, 1.165) is 16.3 Å². The Hall–Kier alpha value is -1.00. The monoisotopic (exact) mass is 292 g/mol. The second-order valence-electron chi connectivity index (χ2n) is 4.35. The second-order valence-corrected chi connectivity index (χ2v) is 5.85. The summed E-state index contributed by atoms with van der Waals surface area (Å²) in [5.74, 6) is 6.51. The zero-order valence-corrected chi connectivity index (χ0v) is 12.3. The van der Waals surface area contributed by atoms with E-state index in [2.05, 4.69) is 36.6 Å². The van der Waals surface area contributed by atoms with Crippen molar-refractivity contribution >= 4 is 23.4 Å². The van der Waals surface area contributed by atoms with Gasteiger partial charge in [0.05, 0.1) is 6.04 Å². The summed E-state index contributed by atoms with van der Waals surface area (Å²) in [7, 11) is 0. The minimum Gasteiger partial charge on any atom is -0.271 e. The van der Waals surface area contributed by atoms with Crippen molar-refractivity contribution < 1.29 is 0 Å². The van der Waals surface area contributed by atoms with Gasteiger partial charge in [0, 0.05) is 15.7 Å². The van der Waals surface area contributed by atoms with Crippen molar-refractivity contribution in [3.8, 4) is 0 Å². The Morgan fingerprint density at radius 1 is 1.21 bits per heavy atom.